The van der Waals surface area contributed by atoms with Crippen LogP contribution in [-0.4, -0.2) is 37.6 Å². The Morgan fingerprint density at radius 3 is 2.42 bits per heavy atom. The Labute approximate surface area is 121 Å². The molecule has 19 heavy (non-hydrogen) atoms. The maximum Gasteiger partial charge on any atom is 0.0107 e. The van der Waals surface area contributed by atoms with Gasteiger partial charge in [0.1, 0.15) is 0 Å². The van der Waals surface area contributed by atoms with E-state index in [4.69, 9.17) is 0 Å². The zero-order valence-electron chi connectivity index (χ0n) is 11.8. The minimum Gasteiger partial charge on any atom is -0.315 e. The van der Waals surface area contributed by atoms with E-state index in [0.29, 0.717) is 0 Å². The summed E-state index contributed by atoms with van der Waals surface area (Å²) in [7, 11) is 0. The molecule has 0 bridgehead atoms. The van der Waals surface area contributed by atoms with Gasteiger partial charge < -0.3 is 10.2 Å². The van der Waals surface area contributed by atoms with Crippen LogP contribution >= 0.6 is 11.3 Å². The molecular weight excluding hydrogens is 252 g/mol. The largest absolute Gasteiger partial charge is 0.315 e. The first-order chi connectivity index (χ1) is 9.40. The highest BCUT2D eigenvalue weighted by Crippen LogP contribution is 2.33. The van der Waals surface area contributed by atoms with Crippen LogP contribution in [0.15, 0.2) is 17.5 Å². The first-order valence-corrected chi connectivity index (χ1v) is 8.73. The quantitative estimate of drug-likeness (QED) is 0.662. The van der Waals surface area contributed by atoms with Crippen LogP contribution < -0.4 is 5.32 Å². The first kappa shape index (κ1) is 13.6. The van der Waals surface area contributed by atoms with Crippen LogP contribution in [0.2, 0.25) is 0 Å². The SMILES string of the molecule is c1csc(CCNCCN(CC2CC2)CC2CC2)c1. The predicted molar refractivity (Wildman–Crippen MR) is 82.8 cm³/mol. The van der Waals surface area contributed by atoms with Crippen molar-refractivity contribution in [1.82, 2.24) is 10.2 Å². The van der Waals surface area contributed by atoms with E-state index in [1.165, 1.54) is 56.6 Å². The fourth-order valence-corrected chi connectivity index (χ4v) is 3.33. The van der Waals surface area contributed by atoms with Gasteiger partial charge in [-0.3, -0.25) is 0 Å². The minimum absolute atomic E-state index is 1.03. The van der Waals surface area contributed by atoms with Crippen molar-refractivity contribution in [3.05, 3.63) is 22.4 Å². The zero-order chi connectivity index (χ0) is 12.9. The highest BCUT2D eigenvalue weighted by molar-refractivity contribution is 7.09. The number of nitrogens with zero attached hydrogens (tertiary/aromatic N) is 1. The van der Waals surface area contributed by atoms with E-state index in [1.807, 2.05) is 11.3 Å². The lowest BCUT2D eigenvalue weighted by molar-refractivity contribution is 0.252. The molecule has 0 spiro atoms. The molecule has 1 heterocycles. The van der Waals surface area contributed by atoms with Crippen molar-refractivity contribution in [3.8, 4) is 0 Å². The summed E-state index contributed by atoms with van der Waals surface area (Å²) in [5, 5.41) is 5.78. The molecule has 1 N–H and O–H groups in total. The molecule has 2 nitrogen and oxygen atoms in total. The van der Waals surface area contributed by atoms with Gasteiger partial charge in [-0.2, -0.15) is 0 Å². The van der Waals surface area contributed by atoms with Gasteiger partial charge in [0, 0.05) is 37.6 Å². The van der Waals surface area contributed by atoms with Crippen molar-refractivity contribution in [1.29, 1.82) is 0 Å². The van der Waals surface area contributed by atoms with Gasteiger partial charge in [0.15, 0.2) is 0 Å². The van der Waals surface area contributed by atoms with Crippen LogP contribution in [0.1, 0.15) is 30.6 Å². The molecule has 1 aromatic rings. The molecule has 0 unspecified atom stereocenters. The van der Waals surface area contributed by atoms with Crippen molar-refractivity contribution in [2.24, 2.45) is 11.8 Å². The number of nitrogens with one attached hydrogen (secondary N) is 1. The third-order valence-corrected chi connectivity index (χ3v) is 5.10. The molecule has 0 aromatic carbocycles. The van der Waals surface area contributed by atoms with E-state index in [0.717, 1.165) is 24.9 Å². The third-order valence-electron chi connectivity index (χ3n) is 4.16. The second-order valence-corrected chi connectivity index (χ2v) is 7.26. The van der Waals surface area contributed by atoms with E-state index >= 15 is 0 Å². The van der Waals surface area contributed by atoms with Crippen LogP contribution in [0.4, 0.5) is 0 Å². The van der Waals surface area contributed by atoms with Crippen LogP contribution in [0.25, 0.3) is 0 Å². The van der Waals surface area contributed by atoms with Crippen molar-refractivity contribution in [3.63, 3.8) is 0 Å². The molecular formula is C16H26N2S. The summed E-state index contributed by atoms with van der Waals surface area (Å²) in [6.07, 6.45) is 7.10. The maximum atomic E-state index is 3.61. The second kappa shape index (κ2) is 6.87. The van der Waals surface area contributed by atoms with Gasteiger partial charge in [0.2, 0.25) is 0 Å². The van der Waals surface area contributed by atoms with Crippen LogP contribution in [0, 0.1) is 11.8 Å². The molecule has 0 saturated heterocycles. The van der Waals surface area contributed by atoms with Gasteiger partial charge >= 0.3 is 0 Å². The van der Waals surface area contributed by atoms with E-state index in [-0.39, 0.29) is 0 Å². The van der Waals surface area contributed by atoms with Gasteiger partial charge in [-0.25, -0.2) is 0 Å². The first-order valence-electron chi connectivity index (χ1n) is 7.85. The Bertz CT molecular complexity index is 341. The zero-order valence-corrected chi connectivity index (χ0v) is 12.6. The molecule has 3 rings (SSSR count). The van der Waals surface area contributed by atoms with Crippen molar-refractivity contribution in [2.75, 3.05) is 32.7 Å². The molecule has 0 radical (unpaired) electrons. The van der Waals surface area contributed by atoms with E-state index in [2.05, 4.69) is 27.7 Å². The van der Waals surface area contributed by atoms with Gasteiger partial charge in [0.05, 0.1) is 0 Å². The number of thiophene rings is 1. The van der Waals surface area contributed by atoms with Crippen LogP contribution in [0.3, 0.4) is 0 Å². The van der Waals surface area contributed by atoms with Crippen LogP contribution in [0.5, 0.6) is 0 Å². The lowest BCUT2D eigenvalue weighted by Gasteiger charge is -2.22. The standard InChI is InChI=1S/C16H26N2S/c1-2-16(19-11-1)7-8-17-9-10-18(12-14-3-4-14)13-15-5-6-15/h1-2,11,14-15,17H,3-10,12-13H2. The normalized spacial score (nSPS) is 19.2. The molecule has 2 aliphatic carbocycles. The molecule has 2 saturated carbocycles. The van der Waals surface area contributed by atoms with Gasteiger partial charge in [-0.05, 0) is 55.4 Å². The average Bonchev–Trinajstić information content (AvgIpc) is 3.33. The molecule has 2 fully saturated rings. The maximum absolute atomic E-state index is 3.61. The van der Waals surface area contributed by atoms with Gasteiger partial charge in [0.25, 0.3) is 0 Å². The summed E-state index contributed by atoms with van der Waals surface area (Å²) in [4.78, 5) is 4.22. The Kier molecular flexibility index (Phi) is 4.91. The molecule has 2 aliphatic rings. The lowest BCUT2D eigenvalue weighted by atomic mass is 10.3. The van der Waals surface area contributed by atoms with E-state index < -0.39 is 0 Å². The fourth-order valence-electron chi connectivity index (χ4n) is 2.62. The molecule has 3 heteroatoms. The summed E-state index contributed by atoms with van der Waals surface area (Å²) in [6, 6.07) is 4.38. The Hall–Kier alpha value is -0.380. The number of rotatable bonds is 10. The summed E-state index contributed by atoms with van der Waals surface area (Å²) in [5.74, 6) is 2.06. The highest BCUT2D eigenvalue weighted by atomic mass is 32.1. The van der Waals surface area contributed by atoms with Gasteiger partial charge in [-0.1, -0.05) is 6.07 Å². The second-order valence-electron chi connectivity index (χ2n) is 6.23. The topological polar surface area (TPSA) is 15.3 Å². The number of hydrogen-bond acceptors (Lipinski definition) is 3. The van der Waals surface area contributed by atoms with E-state index in [1.54, 1.807) is 0 Å². The monoisotopic (exact) mass is 278 g/mol. The highest BCUT2D eigenvalue weighted by Gasteiger charge is 2.28. The Morgan fingerprint density at radius 2 is 1.84 bits per heavy atom. The molecule has 0 atom stereocenters. The van der Waals surface area contributed by atoms with E-state index in [9.17, 15) is 0 Å². The summed E-state index contributed by atoms with van der Waals surface area (Å²) in [5.41, 5.74) is 0. The smallest absolute Gasteiger partial charge is 0.0107 e. The summed E-state index contributed by atoms with van der Waals surface area (Å²) in [6.45, 7) is 6.26. The summed E-state index contributed by atoms with van der Waals surface area (Å²) < 4.78 is 0. The molecule has 0 aliphatic heterocycles. The van der Waals surface area contributed by atoms with Crippen LogP contribution in [-0.2, 0) is 6.42 Å². The van der Waals surface area contributed by atoms with Crippen molar-refractivity contribution >= 4 is 11.3 Å². The number of hydrogen-bond donors (Lipinski definition) is 1. The average molecular weight is 278 g/mol. The Balaban J connectivity index is 1.27. The lowest BCUT2D eigenvalue weighted by Crippen LogP contribution is -2.35. The van der Waals surface area contributed by atoms with Crippen molar-refractivity contribution < 1.29 is 0 Å². The summed E-state index contributed by atoms with van der Waals surface area (Å²) >= 11 is 1.87. The third kappa shape index (κ3) is 5.25. The minimum atomic E-state index is 1.03. The van der Waals surface area contributed by atoms with Gasteiger partial charge in [-0.15, -0.1) is 11.3 Å². The molecule has 0 amide bonds. The molecule has 106 valence electrons. The fraction of sp³-hybridized carbons (Fsp3) is 0.750. The molecule has 1 aromatic heterocycles. The Morgan fingerprint density at radius 1 is 1.11 bits per heavy atom. The van der Waals surface area contributed by atoms with Crippen molar-refractivity contribution in [2.45, 2.75) is 32.1 Å². The predicted octanol–water partition coefficient (Wildman–Crippen LogP) is 3.00.